The van der Waals surface area contributed by atoms with Crippen molar-refractivity contribution in [1.29, 1.82) is 0 Å². The monoisotopic (exact) mass is 247 g/mol. The Morgan fingerprint density at radius 1 is 1.44 bits per heavy atom. The van der Waals surface area contributed by atoms with Gasteiger partial charge in [0.1, 0.15) is 5.41 Å². The third kappa shape index (κ3) is 1.92. The second-order valence-electron chi connectivity index (χ2n) is 4.77. The highest BCUT2D eigenvalue weighted by Gasteiger charge is 2.54. The zero-order valence-electron chi connectivity index (χ0n) is 10.5. The van der Waals surface area contributed by atoms with Crippen LogP contribution in [0.25, 0.3) is 0 Å². The van der Waals surface area contributed by atoms with Crippen LogP contribution in [-0.2, 0) is 4.79 Å². The topological polar surface area (TPSA) is 87.7 Å². The lowest BCUT2D eigenvalue weighted by molar-refractivity contribution is -0.119. The van der Waals surface area contributed by atoms with E-state index in [1.807, 2.05) is 32.0 Å². The third-order valence-corrected chi connectivity index (χ3v) is 3.64. The number of hydrogen-bond acceptors (Lipinski definition) is 3. The Kier molecular flexibility index (Phi) is 2.98. The predicted octanol–water partition coefficient (Wildman–Crippen LogP) is 1.77. The van der Waals surface area contributed by atoms with Gasteiger partial charge in [0.05, 0.1) is 0 Å². The molecule has 0 spiro atoms. The Balaban J connectivity index is 2.20. The van der Waals surface area contributed by atoms with E-state index in [4.69, 9.17) is 10.9 Å². The van der Waals surface area contributed by atoms with Crippen LogP contribution >= 0.6 is 0 Å². The molecule has 0 saturated heterocycles. The summed E-state index contributed by atoms with van der Waals surface area (Å²) in [4.78, 5) is 12.2. The lowest BCUT2D eigenvalue weighted by Crippen LogP contribution is -2.36. The van der Waals surface area contributed by atoms with E-state index in [1.165, 1.54) is 0 Å². The SMILES string of the molecule is Cc1cccc(NC(=O)C2(/C(N)=N/O)CC2)c1C. The van der Waals surface area contributed by atoms with E-state index in [9.17, 15) is 4.79 Å². The van der Waals surface area contributed by atoms with Gasteiger partial charge in [0.2, 0.25) is 5.91 Å². The Hall–Kier alpha value is -2.04. The number of anilines is 1. The van der Waals surface area contributed by atoms with Crippen LogP contribution in [0.2, 0.25) is 0 Å². The highest BCUT2D eigenvalue weighted by Crippen LogP contribution is 2.46. The number of rotatable bonds is 3. The van der Waals surface area contributed by atoms with Gasteiger partial charge in [0, 0.05) is 5.69 Å². The minimum atomic E-state index is -0.815. The van der Waals surface area contributed by atoms with Crippen molar-refractivity contribution in [3.05, 3.63) is 29.3 Å². The number of amides is 1. The number of hydrogen-bond donors (Lipinski definition) is 3. The van der Waals surface area contributed by atoms with Gasteiger partial charge in [0.25, 0.3) is 0 Å². The van der Waals surface area contributed by atoms with Crippen LogP contribution in [0.5, 0.6) is 0 Å². The second-order valence-corrected chi connectivity index (χ2v) is 4.77. The van der Waals surface area contributed by atoms with Crippen LogP contribution in [0, 0.1) is 19.3 Å². The average Bonchev–Trinajstić information content (AvgIpc) is 3.15. The molecule has 5 nitrogen and oxygen atoms in total. The molecular weight excluding hydrogens is 230 g/mol. The number of amidine groups is 1. The fourth-order valence-corrected chi connectivity index (χ4v) is 1.95. The molecule has 0 aliphatic heterocycles. The molecule has 1 aliphatic rings. The summed E-state index contributed by atoms with van der Waals surface area (Å²) >= 11 is 0. The standard InChI is InChI=1S/C13H17N3O2/c1-8-4-3-5-10(9(8)2)15-12(17)13(6-7-13)11(14)16-18/h3-5,18H,6-7H2,1-2H3,(H2,14,16)(H,15,17). The molecule has 0 heterocycles. The molecule has 0 atom stereocenters. The largest absolute Gasteiger partial charge is 0.409 e. The molecule has 1 aromatic rings. The van der Waals surface area contributed by atoms with Gasteiger partial charge in [-0.15, -0.1) is 0 Å². The molecule has 1 aromatic carbocycles. The van der Waals surface area contributed by atoms with E-state index >= 15 is 0 Å². The molecule has 0 bridgehead atoms. The minimum absolute atomic E-state index is 0.00898. The lowest BCUT2D eigenvalue weighted by Gasteiger charge is -2.15. The Morgan fingerprint density at radius 2 is 2.11 bits per heavy atom. The maximum absolute atomic E-state index is 12.2. The van der Waals surface area contributed by atoms with Gasteiger partial charge >= 0.3 is 0 Å². The molecule has 1 saturated carbocycles. The van der Waals surface area contributed by atoms with Gasteiger partial charge in [-0.05, 0) is 43.9 Å². The molecular formula is C13H17N3O2. The van der Waals surface area contributed by atoms with E-state index in [0.717, 1.165) is 16.8 Å². The van der Waals surface area contributed by atoms with Crippen molar-refractivity contribution in [2.45, 2.75) is 26.7 Å². The Morgan fingerprint density at radius 3 is 2.67 bits per heavy atom. The summed E-state index contributed by atoms with van der Waals surface area (Å²) < 4.78 is 0. The van der Waals surface area contributed by atoms with E-state index in [2.05, 4.69) is 10.5 Å². The van der Waals surface area contributed by atoms with E-state index < -0.39 is 5.41 Å². The summed E-state index contributed by atoms with van der Waals surface area (Å²) in [6, 6.07) is 5.73. The van der Waals surface area contributed by atoms with Crippen LogP contribution in [0.3, 0.4) is 0 Å². The van der Waals surface area contributed by atoms with Gasteiger partial charge in [0.15, 0.2) is 5.84 Å². The summed E-state index contributed by atoms with van der Waals surface area (Å²) in [6.07, 6.45) is 1.25. The number of carbonyl (C=O) groups is 1. The highest BCUT2D eigenvalue weighted by atomic mass is 16.4. The first-order valence-electron chi connectivity index (χ1n) is 5.87. The molecule has 1 fully saturated rings. The smallest absolute Gasteiger partial charge is 0.238 e. The molecule has 18 heavy (non-hydrogen) atoms. The molecule has 0 radical (unpaired) electrons. The highest BCUT2D eigenvalue weighted by molar-refractivity contribution is 6.14. The summed E-state index contributed by atoms with van der Waals surface area (Å²) in [5.41, 5.74) is 7.68. The van der Waals surface area contributed by atoms with Gasteiger partial charge in [-0.25, -0.2) is 0 Å². The van der Waals surface area contributed by atoms with Crippen LogP contribution in [0.15, 0.2) is 23.4 Å². The van der Waals surface area contributed by atoms with E-state index in [1.54, 1.807) is 0 Å². The molecule has 1 aliphatic carbocycles. The Labute approximate surface area is 106 Å². The lowest BCUT2D eigenvalue weighted by atomic mass is 10.0. The van der Waals surface area contributed by atoms with Gasteiger partial charge < -0.3 is 16.3 Å². The van der Waals surface area contributed by atoms with Crippen molar-refractivity contribution in [1.82, 2.24) is 0 Å². The van der Waals surface area contributed by atoms with Crippen molar-refractivity contribution in [3.63, 3.8) is 0 Å². The fourth-order valence-electron chi connectivity index (χ4n) is 1.95. The zero-order valence-corrected chi connectivity index (χ0v) is 10.5. The van der Waals surface area contributed by atoms with E-state index in [-0.39, 0.29) is 11.7 Å². The van der Waals surface area contributed by atoms with Gasteiger partial charge in [-0.3, -0.25) is 4.79 Å². The molecule has 0 unspecified atom stereocenters. The first-order chi connectivity index (χ1) is 8.51. The quantitative estimate of drug-likeness (QED) is 0.329. The first-order valence-corrected chi connectivity index (χ1v) is 5.87. The Bertz CT molecular complexity index is 519. The number of nitrogens with two attached hydrogens (primary N) is 1. The number of aryl methyl sites for hydroxylation is 1. The number of benzene rings is 1. The fraction of sp³-hybridized carbons (Fsp3) is 0.385. The van der Waals surface area contributed by atoms with Crippen molar-refractivity contribution in [2.24, 2.45) is 16.3 Å². The van der Waals surface area contributed by atoms with Gasteiger partial charge in [-0.1, -0.05) is 17.3 Å². The second kappa shape index (κ2) is 4.33. The number of oxime groups is 1. The van der Waals surface area contributed by atoms with Gasteiger partial charge in [-0.2, -0.15) is 0 Å². The maximum atomic E-state index is 12.2. The average molecular weight is 247 g/mol. The minimum Gasteiger partial charge on any atom is -0.409 e. The summed E-state index contributed by atoms with van der Waals surface area (Å²) in [5.74, 6) is -0.211. The molecule has 0 aromatic heterocycles. The van der Waals surface area contributed by atoms with Crippen LogP contribution < -0.4 is 11.1 Å². The molecule has 96 valence electrons. The number of nitrogens with zero attached hydrogens (tertiary/aromatic N) is 1. The first kappa shape index (κ1) is 12.4. The molecule has 1 amide bonds. The van der Waals surface area contributed by atoms with E-state index in [0.29, 0.717) is 12.8 Å². The zero-order chi connectivity index (χ0) is 13.3. The maximum Gasteiger partial charge on any atom is 0.238 e. The summed E-state index contributed by atoms with van der Waals surface area (Å²) in [7, 11) is 0. The summed E-state index contributed by atoms with van der Waals surface area (Å²) in [5, 5.41) is 14.5. The van der Waals surface area contributed by atoms with Crippen molar-refractivity contribution in [2.75, 3.05) is 5.32 Å². The number of carbonyl (C=O) groups excluding carboxylic acids is 1. The molecule has 4 N–H and O–H groups in total. The molecule has 5 heteroatoms. The number of nitrogens with one attached hydrogen (secondary N) is 1. The van der Waals surface area contributed by atoms with Crippen molar-refractivity contribution >= 4 is 17.4 Å². The van der Waals surface area contributed by atoms with Crippen molar-refractivity contribution in [3.8, 4) is 0 Å². The summed E-state index contributed by atoms with van der Waals surface area (Å²) in [6.45, 7) is 3.94. The third-order valence-electron chi connectivity index (χ3n) is 3.64. The predicted molar refractivity (Wildman–Crippen MR) is 69.6 cm³/mol. The normalized spacial score (nSPS) is 17.3. The van der Waals surface area contributed by atoms with Crippen molar-refractivity contribution < 1.29 is 10.0 Å². The van der Waals surface area contributed by atoms with Crippen LogP contribution in [0.4, 0.5) is 5.69 Å². The van der Waals surface area contributed by atoms with Crippen LogP contribution in [0.1, 0.15) is 24.0 Å². The van der Waals surface area contributed by atoms with Crippen LogP contribution in [-0.4, -0.2) is 17.0 Å². The molecule has 2 rings (SSSR count).